The van der Waals surface area contributed by atoms with Crippen LogP contribution in [-0.4, -0.2) is 55.7 Å². The Hall–Kier alpha value is -1.92. The Morgan fingerprint density at radius 2 is 1.82 bits per heavy atom. The van der Waals surface area contributed by atoms with Gasteiger partial charge < -0.3 is 24.2 Å². The number of carbonyl (C=O) groups is 2. The minimum Gasteiger partial charge on any atom is -0.465 e. The quantitative estimate of drug-likeness (QED) is 0.330. The van der Waals surface area contributed by atoms with Crippen molar-refractivity contribution < 1.29 is 28.9 Å². The molecule has 8 heteroatoms. The second kappa shape index (κ2) is 13.6. The molecule has 0 spiro atoms. The number of thiophene rings is 1. The average Bonchev–Trinajstić information content (AvgIpc) is 3.36. The van der Waals surface area contributed by atoms with E-state index in [0.29, 0.717) is 48.8 Å². The third-order valence-electron chi connectivity index (χ3n) is 8.27. The number of methoxy groups -OCH3 is 1. The predicted molar refractivity (Wildman–Crippen MR) is 153 cm³/mol. The normalized spacial score (nSPS) is 27.8. The number of nitrogens with zero attached hydrogens (tertiary/aromatic N) is 1. The van der Waals surface area contributed by atoms with Gasteiger partial charge in [-0.1, -0.05) is 18.8 Å². The third-order valence-corrected chi connectivity index (χ3v) is 9.29. The zero-order valence-electron chi connectivity index (χ0n) is 24.0. The lowest BCUT2D eigenvalue weighted by molar-refractivity contribution is -0.171. The number of aliphatic hydroxyl groups is 1. The zero-order chi connectivity index (χ0) is 28.0. The molecule has 1 aromatic rings. The first kappa shape index (κ1) is 30.0. The molecule has 1 saturated heterocycles. The summed E-state index contributed by atoms with van der Waals surface area (Å²) in [5.74, 6) is 6.81. The molecule has 216 valence electrons. The van der Waals surface area contributed by atoms with Crippen molar-refractivity contribution in [2.45, 2.75) is 110 Å². The third kappa shape index (κ3) is 8.07. The number of hydrogen-bond donors (Lipinski definition) is 1. The molecule has 1 N–H and O–H groups in total. The molecule has 0 radical (unpaired) electrons. The molecule has 1 aromatic heterocycles. The molecule has 1 unspecified atom stereocenters. The van der Waals surface area contributed by atoms with Crippen LogP contribution in [-0.2, 0) is 19.0 Å². The van der Waals surface area contributed by atoms with E-state index in [1.165, 1.54) is 18.4 Å². The van der Waals surface area contributed by atoms with Gasteiger partial charge in [0, 0.05) is 24.0 Å². The number of esters is 1. The monoisotopic (exact) mass is 559 g/mol. The van der Waals surface area contributed by atoms with Gasteiger partial charge in [0.15, 0.2) is 6.29 Å². The minimum atomic E-state index is -0.453. The topological polar surface area (TPSA) is 85.3 Å². The molecule has 0 bridgehead atoms. The number of rotatable bonds is 7. The van der Waals surface area contributed by atoms with Gasteiger partial charge in [0.2, 0.25) is 5.91 Å². The van der Waals surface area contributed by atoms with Crippen LogP contribution in [0.3, 0.4) is 0 Å². The first-order valence-corrected chi connectivity index (χ1v) is 15.5. The fourth-order valence-corrected chi connectivity index (χ4v) is 6.71. The highest BCUT2D eigenvalue weighted by atomic mass is 32.1. The maximum Gasteiger partial charge on any atom is 0.350 e. The summed E-state index contributed by atoms with van der Waals surface area (Å²) in [7, 11) is 1.37. The highest BCUT2D eigenvalue weighted by Crippen LogP contribution is 2.39. The van der Waals surface area contributed by atoms with Gasteiger partial charge in [-0.15, -0.1) is 11.3 Å². The van der Waals surface area contributed by atoms with Crippen molar-refractivity contribution in [2.24, 2.45) is 17.3 Å². The first-order valence-electron chi connectivity index (χ1n) is 14.7. The van der Waals surface area contributed by atoms with Gasteiger partial charge in [-0.2, -0.15) is 0 Å². The molecule has 3 fully saturated rings. The average molecular weight is 560 g/mol. The van der Waals surface area contributed by atoms with Crippen molar-refractivity contribution in [3.05, 3.63) is 15.8 Å². The van der Waals surface area contributed by atoms with E-state index in [1.54, 1.807) is 0 Å². The summed E-state index contributed by atoms with van der Waals surface area (Å²) in [5, 5.41) is 10.1. The lowest BCUT2D eigenvalue weighted by atomic mass is 9.81. The second-order valence-electron chi connectivity index (χ2n) is 12.2. The van der Waals surface area contributed by atoms with Crippen LogP contribution in [0.2, 0.25) is 0 Å². The van der Waals surface area contributed by atoms with Crippen LogP contribution < -0.4 is 4.90 Å². The SMILES string of the molecule is COC(=O)c1sc(C#CC(C)(C)COC2CCCCO2)cc1N(C(=O)[C@H]1CC[C@H](C)CC1)[C@H]1CC[C@H](O)CC1. The molecule has 2 heterocycles. The molecule has 3 aliphatic rings. The van der Waals surface area contributed by atoms with E-state index in [9.17, 15) is 14.7 Å². The van der Waals surface area contributed by atoms with Crippen molar-refractivity contribution in [1.29, 1.82) is 0 Å². The van der Waals surface area contributed by atoms with E-state index in [1.807, 2.05) is 24.8 Å². The summed E-state index contributed by atoms with van der Waals surface area (Å²) in [5.41, 5.74) is 0.190. The summed E-state index contributed by atoms with van der Waals surface area (Å²) in [6.07, 6.45) is 9.14. The van der Waals surface area contributed by atoms with E-state index in [2.05, 4.69) is 18.8 Å². The lowest BCUT2D eigenvalue weighted by Crippen LogP contribution is -2.47. The Balaban J connectivity index is 1.60. The van der Waals surface area contributed by atoms with Crippen LogP contribution in [0.4, 0.5) is 5.69 Å². The van der Waals surface area contributed by atoms with E-state index >= 15 is 0 Å². The summed E-state index contributed by atoms with van der Waals surface area (Å²) in [6, 6.07) is 1.83. The number of aliphatic hydroxyl groups excluding tert-OH is 1. The van der Waals surface area contributed by atoms with Gasteiger partial charge >= 0.3 is 5.97 Å². The van der Waals surface area contributed by atoms with Crippen LogP contribution in [0.5, 0.6) is 0 Å². The number of hydrogen-bond acceptors (Lipinski definition) is 7. The first-order chi connectivity index (χ1) is 18.7. The smallest absolute Gasteiger partial charge is 0.350 e. The van der Waals surface area contributed by atoms with Gasteiger partial charge in [0.1, 0.15) is 4.88 Å². The molecule has 4 rings (SSSR count). The zero-order valence-corrected chi connectivity index (χ0v) is 24.8. The largest absolute Gasteiger partial charge is 0.465 e. The standard InChI is InChI=1S/C31H45NO6S/c1-21-8-10-22(11-9-21)29(34)32(23-12-14-24(33)15-13-23)26-19-25(39-28(26)30(35)36-4)16-17-31(2,3)20-38-27-7-5-6-18-37-27/h19,21-24,27,33H,5-15,18,20H2,1-4H3/t21-,22-,23-,24-,27?. The number of anilines is 1. The maximum atomic E-state index is 14.1. The van der Waals surface area contributed by atoms with Crippen LogP contribution >= 0.6 is 11.3 Å². The van der Waals surface area contributed by atoms with Gasteiger partial charge in [-0.3, -0.25) is 4.79 Å². The summed E-state index contributed by atoms with van der Waals surface area (Å²) in [6.45, 7) is 7.49. The van der Waals surface area contributed by atoms with Crippen molar-refractivity contribution >= 4 is 28.9 Å². The Kier molecular flexibility index (Phi) is 10.5. The van der Waals surface area contributed by atoms with E-state index in [0.717, 1.165) is 56.4 Å². The molecule has 1 amide bonds. The summed E-state index contributed by atoms with van der Waals surface area (Å²) >= 11 is 1.28. The second-order valence-corrected chi connectivity index (χ2v) is 13.2. The predicted octanol–water partition coefficient (Wildman–Crippen LogP) is 5.92. The van der Waals surface area contributed by atoms with Crippen LogP contribution in [0.25, 0.3) is 0 Å². The van der Waals surface area contributed by atoms with Crippen LogP contribution in [0, 0.1) is 29.1 Å². The number of ether oxygens (including phenoxy) is 3. The number of amides is 1. The fraction of sp³-hybridized carbons (Fsp3) is 0.742. The molecule has 39 heavy (non-hydrogen) atoms. The van der Waals surface area contributed by atoms with E-state index < -0.39 is 11.4 Å². The molecule has 7 nitrogen and oxygen atoms in total. The van der Waals surface area contributed by atoms with Crippen molar-refractivity contribution in [3.63, 3.8) is 0 Å². The molecule has 2 aliphatic carbocycles. The Labute approximate surface area is 237 Å². The Bertz CT molecular complexity index is 1030. The fourth-order valence-electron chi connectivity index (χ4n) is 5.79. The van der Waals surface area contributed by atoms with Crippen molar-refractivity contribution in [1.82, 2.24) is 0 Å². The Morgan fingerprint density at radius 1 is 1.10 bits per heavy atom. The molecule has 1 atom stereocenters. The van der Waals surface area contributed by atoms with Crippen LogP contribution in [0.1, 0.15) is 106 Å². The lowest BCUT2D eigenvalue weighted by Gasteiger charge is -2.38. The van der Waals surface area contributed by atoms with Crippen molar-refractivity contribution in [3.8, 4) is 11.8 Å². The summed E-state index contributed by atoms with van der Waals surface area (Å²) in [4.78, 5) is 30.0. The molecular formula is C31H45NO6S. The van der Waals surface area contributed by atoms with Gasteiger partial charge in [0.05, 0.1) is 30.4 Å². The van der Waals surface area contributed by atoms with Gasteiger partial charge in [-0.25, -0.2) is 4.79 Å². The van der Waals surface area contributed by atoms with Gasteiger partial charge in [-0.05, 0) is 96.5 Å². The summed E-state index contributed by atoms with van der Waals surface area (Å²) < 4.78 is 16.8. The maximum absolute atomic E-state index is 14.1. The molecule has 2 saturated carbocycles. The molecular weight excluding hydrogens is 514 g/mol. The molecule has 1 aliphatic heterocycles. The van der Waals surface area contributed by atoms with Crippen molar-refractivity contribution in [2.75, 3.05) is 25.2 Å². The van der Waals surface area contributed by atoms with E-state index in [-0.39, 0.29) is 30.3 Å². The van der Waals surface area contributed by atoms with E-state index in [4.69, 9.17) is 14.2 Å². The van der Waals surface area contributed by atoms with Crippen LogP contribution in [0.15, 0.2) is 6.07 Å². The minimum absolute atomic E-state index is 0.0499. The van der Waals surface area contributed by atoms with Gasteiger partial charge in [0.25, 0.3) is 0 Å². The number of carbonyl (C=O) groups excluding carboxylic acids is 2. The highest BCUT2D eigenvalue weighted by molar-refractivity contribution is 7.15. The Morgan fingerprint density at radius 3 is 2.46 bits per heavy atom. The molecule has 0 aromatic carbocycles. The highest BCUT2D eigenvalue weighted by Gasteiger charge is 2.37.